The van der Waals surface area contributed by atoms with Crippen molar-refractivity contribution in [3.63, 3.8) is 0 Å². The predicted octanol–water partition coefficient (Wildman–Crippen LogP) is 1.09. The maximum atomic E-state index is 11.7. The van der Waals surface area contributed by atoms with Crippen LogP contribution in [0.25, 0.3) is 0 Å². The van der Waals surface area contributed by atoms with Crippen LogP contribution < -0.4 is 5.32 Å². The Morgan fingerprint density at radius 2 is 2.31 bits per heavy atom. The van der Waals surface area contributed by atoms with Crippen LogP contribution in [0.2, 0.25) is 0 Å². The second-order valence-corrected chi connectivity index (χ2v) is 4.03. The topological polar surface area (TPSA) is 46.9 Å². The zero-order valence-electron chi connectivity index (χ0n) is 10.4. The van der Waals surface area contributed by atoms with Gasteiger partial charge in [0, 0.05) is 25.6 Å². The van der Waals surface area contributed by atoms with Gasteiger partial charge in [-0.15, -0.1) is 0 Å². The maximum absolute atomic E-state index is 11.7. The first kappa shape index (κ1) is 12.9. The van der Waals surface area contributed by atoms with E-state index in [0.717, 1.165) is 30.8 Å². The van der Waals surface area contributed by atoms with Gasteiger partial charge in [0.15, 0.2) is 0 Å². The van der Waals surface area contributed by atoms with Gasteiger partial charge in [-0.25, -0.2) is 0 Å². The SMILES string of the molecule is CCc1cc(CC(=O)CCCNC)n(C)n1. The summed E-state index contributed by atoms with van der Waals surface area (Å²) in [5.41, 5.74) is 2.08. The van der Waals surface area contributed by atoms with Crippen molar-refractivity contribution in [2.24, 2.45) is 7.05 Å². The molecule has 1 heterocycles. The summed E-state index contributed by atoms with van der Waals surface area (Å²) in [6.45, 7) is 2.97. The second-order valence-electron chi connectivity index (χ2n) is 4.03. The van der Waals surface area contributed by atoms with Gasteiger partial charge in [0.1, 0.15) is 5.78 Å². The van der Waals surface area contributed by atoms with Gasteiger partial charge in [0.2, 0.25) is 0 Å². The number of nitrogens with one attached hydrogen (secondary N) is 1. The summed E-state index contributed by atoms with van der Waals surface area (Å²) in [4.78, 5) is 11.7. The quantitative estimate of drug-likeness (QED) is 0.704. The van der Waals surface area contributed by atoms with Crippen LogP contribution in [-0.4, -0.2) is 29.2 Å². The lowest BCUT2D eigenvalue weighted by atomic mass is 10.1. The molecule has 0 fully saturated rings. The van der Waals surface area contributed by atoms with Gasteiger partial charge < -0.3 is 5.32 Å². The molecule has 1 N–H and O–H groups in total. The summed E-state index contributed by atoms with van der Waals surface area (Å²) in [5, 5.41) is 7.37. The van der Waals surface area contributed by atoms with E-state index in [4.69, 9.17) is 0 Å². The molecule has 1 aromatic heterocycles. The molecule has 16 heavy (non-hydrogen) atoms. The van der Waals surface area contributed by atoms with Gasteiger partial charge in [-0.1, -0.05) is 6.92 Å². The highest BCUT2D eigenvalue weighted by molar-refractivity contribution is 5.80. The molecule has 0 aliphatic rings. The minimum absolute atomic E-state index is 0.293. The van der Waals surface area contributed by atoms with E-state index in [0.29, 0.717) is 18.6 Å². The van der Waals surface area contributed by atoms with E-state index < -0.39 is 0 Å². The molecule has 0 radical (unpaired) electrons. The number of carbonyl (C=O) groups excluding carboxylic acids is 1. The van der Waals surface area contributed by atoms with Crippen molar-refractivity contribution in [2.45, 2.75) is 32.6 Å². The second kappa shape index (κ2) is 6.43. The van der Waals surface area contributed by atoms with Crippen molar-refractivity contribution >= 4 is 5.78 Å². The minimum Gasteiger partial charge on any atom is -0.320 e. The molecule has 0 spiro atoms. The van der Waals surface area contributed by atoms with Crippen LogP contribution in [0.15, 0.2) is 6.07 Å². The lowest BCUT2D eigenvalue weighted by molar-refractivity contribution is -0.118. The van der Waals surface area contributed by atoms with Crippen molar-refractivity contribution in [1.29, 1.82) is 0 Å². The minimum atomic E-state index is 0.293. The molecule has 0 unspecified atom stereocenters. The fraction of sp³-hybridized carbons (Fsp3) is 0.667. The lowest BCUT2D eigenvalue weighted by Gasteiger charge is -2.01. The molecule has 0 aliphatic carbocycles. The molecular weight excluding hydrogens is 202 g/mol. The Hall–Kier alpha value is -1.16. The maximum Gasteiger partial charge on any atom is 0.138 e. The zero-order chi connectivity index (χ0) is 12.0. The number of hydrogen-bond donors (Lipinski definition) is 1. The molecule has 0 amide bonds. The number of aryl methyl sites for hydroxylation is 2. The van der Waals surface area contributed by atoms with Gasteiger partial charge >= 0.3 is 0 Å². The van der Waals surface area contributed by atoms with Crippen molar-refractivity contribution in [3.8, 4) is 0 Å². The van der Waals surface area contributed by atoms with E-state index in [1.54, 1.807) is 0 Å². The standard InChI is InChI=1S/C12H21N3O/c1-4-10-8-11(15(3)14-10)9-12(16)6-5-7-13-2/h8,13H,4-7,9H2,1-3H3. The molecule has 0 aromatic carbocycles. The summed E-state index contributed by atoms with van der Waals surface area (Å²) < 4.78 is 1.81. The molecule has 0 saturated carbocycles. The molecule has 4 nitrogen and oxygen atoms in total. The third kappa shape index (κ3) is 3.77. The molecule has 0 atom stereocenters. The van der Waals surface area contributed by atoms with Crippen LogP contribution in [0, 0.1) is 0 Å². The van der Waals surface area contributed by atoms with Crippen LogP contribution in [0.4, 0.5) is 0 Å². The summed E-state index contributed by atoms with van der Waals surface area (Å²) >= 11 is 0. The average Bonchev–Trinajstić information content (AvgIpc) is 2.60. The number of carbonyl (C=O) groups is 1. The van der Waals surface area contributed by atoms with Crippen LogP contribution in [0.1, 0.15) is 31.2 Å². The first-order valence-electron chi connectivity index (χ1n) is 5.85. The Morgan fingerprint density at radius 3 is 2.88 bits per heavy atom. The molecule has 0 saturated heterocycles. The van der Waals surface area contributed by atoms with E-state index in [9.17, 15) is 4.79 Å². The summed E-state index contributed by atoms with van der Waals surface area (Å²) in [7, 11) is 3.80. The molecule has 1 rings (SSSR count). The van der Waals surface area contributed by atoms with Crippen LogP contribution >= 0.6 is 0 Å². The Balaban J connectivity index is 2.45. The highest BCUT2D eigenvalue weighted by Crippen LogP contribution is 2.06. The van der Waals surface area contributed by atoms with E-state index in [1.807, 2.05) is 24.8 Å². The molecule has 1 aromatic rings. The van der Waals surface area contributed by atoms with E-state index in [-0.39, 0.29) is 0 Å². The largest absolute Gasteiger partial charge is 0.320 e. The van der Waals surface area contributed by atoms with Crippen LogP contribution in [-0.2, 0) is 24.7 Å². The fourth-order valence-electron chi connectivity index (χ4n) is 1.66. The summed E-state index contributed by atoms with van der Waals surface area (Å²) in [5.74, 6) is 0.293. The molecular formula is C12H21N3O. The van der Waals surface area contributed by atoms with E-state index in [1.165, 1.54) is 0 Å². The molecule has 0 bridgehead atoms. The van der Waals surface area contributed by atoms with E-state index >= 15 is 0 Å². The average molecular weight is 223 g/mol. The smallest absolute Gasteiger partial charge is 0.138 e. The Bertz CT molecular complexity index is 344. The van der Waals surface area contributed by atoms with Crippen LogP contribution in [0.3, 0.4) is 0 Å². The normalized spacial score (nSPS) is 10.7. The Morgan fingerprint density at radius 1 is 1.56 bits per heavy atom. The van der Waals surface area contributed by atoms with Crippen molar-refractivity contribution < 1.29 is 4.79 Å². The highest BCUT2D eigenvalue weighted by Gasteiger charge is 2.08. The first-order valence-corrected chi connectivity index (χ1v) is 5.85. The van der Waals surface area contributed by atoms with Crippen LogP contribution in [0.5, 0.6) is 0 Å². The number of rotatable bonds is 7. The van der Waals surface area contributed by atoms with Crippen molar-refractivity contribution in [1.82, 2.24) is 15.1 Å². The first-order chi connectivity index (χ1) is 7.67. The van der Waals surface area contributed by atoms with Gasteiger partial charge in [-0.3, -0.25) is 9.48 Å². The number of ketones is 1. The van der Waals surface area contributed by atoms with Gasteiger partial charge in [-0.05, 0) is 32.5 Å². The fourth-order valence-corrected chi connectivity index (χ4v) is 1.66. The Kier molecular flexibility index (Phi) is 5.19. The highest BCUT2D eigenvalue weighted by atomic mass is 16.1. The van der Waals surface area contributed by atoms with Crippen molar-refractivity contribution in [2.75, 3.05) is 13.6 Å². The van der Waals surface area contributed by atoms with Crippen molar-refractivity contribution in [3.05, 3.63) is 17.5 Å². The summed E-state index contributed by atoms with van der Waals surface area (Å²) in [6.07, 6.45) is 2.98. The lowest BCUT2D eigenvalue weighted by Crippen LogP contribution is -2.12. The number of hydrogen-bond acceptors (Lipinski definition) is 3. The Labute approximate surface area is 97.0 Å². The van der Waals surface area contributed by atoms with Gasteiger partial charge in [0.25, 0.3) is 0 Å². The predicted molar refractivity (Wildman–Crippen MR) is 64.5 cm³/mol. The number of Topliss-reactive ketones (excluding diaryl/α,β-unsaturated/α-hetero) is 1. The molecule has 90 valence electrons. The monoisotopic (exact) mass is 223 g/mol. The number of nitrogens with zero attached hydrogens (tertiary/aromatic N) is 2. The van der Waals surface area contributed by atoms with Gasteiger partial charge in [0.05, 0.1) is 5.69 Å². The van der Waals surface area contributed by atoms with E-state index in [2.05, 4.69) is 17.3 Å². The van der Waals surface area contributed by atoms with Gasteiger partial charge in [-0.2, -0.15) is 5.10 Å². The number of aromatic nitrogens is 2. The third-order valence-corrected chi connectivity index (χ3v) is 2.65. The molecule has 0 aliphatic heterocycles. The summed E-state index contributed by atoms with van der Waals surface area (Å²) in [6, 6.07) is 2.02. The third-order valence-electron chi connectivity index (χ3n) is 2.65. The zero-order valence-corrected chi connectivity index (χ0v) is 10.4. The molecule has 4 heteroatoms.